The van der Waals surface area contributed by atoms with E-state index in [0.717, 1.165) is 96.3 Å². The zero-order valence-corrected chi connectivity index (χ0v) is 43.6. The third-order valence-corrected chi connectivity index (χ3v) is 12.8. The van der Waals surface area contributed by atoms with Gasteiger partial charge in [-0.3, -0.25) is 23.4 Å². The molecule has 0 fully saturated rings. The molecule has 0 rings (SSSR count). The van der Waals surface area contributed by atoms with Gasteiger partial charge in [0.05, 0.1) is 19.8 Å². The maximum atomic E-state index is 12.8. The second-order valence-electron chi connectivity index (χ2n) is 18.4. The lowest BCUT2D eigenvalue weighted by Gasteiger charge is -2.21. The van der Waals surface area contributed by atoms with Crippen molar-refractivity contribution in [1.82, 2.24) is 0 Å². The summed E-state index contributed by atoms with van der Waals surface area (Å²) in [5, 5.41) is 9.76. The zero-order chi connectivity index (χ0) is 48.4. The highest BCUT2D eigenvalue weighted by Crippen LogP contribution is 2.43. The van der Waals surface area contributed by atoms with Gasteiger partial charge < -0.3 is 24.2 Å². The van der Waals surface area contributed by atoms with E-state index in [2.05, 4.69) is 45.1 Å². The van der Waals surface area contributed by atoms with E-state index in [0.29, 0.717) is 19.3 Å². The molecule has 388 valence electrons. The van der Waals surface area contributed by atoms with Crippen LogP contribution in [0.15, 0.2) is 24.3 Å². The number of phosphoric ester groups is 1. The van der Waals surface area contributed by atoms with Gasteiger partial charge >= 0.3 is 25.7 Å². The Hall–Kier alpha value is -2.04. The molecule has 0 amide bonds. The van der Waals surface area contributed by atoms with E-state index in [4.69, 9.17) is 23.3 Å². The van der Waals surface area contributed by atoms with Crippen molar-refractivity contribution in [1.29, 1.82) is 0 Å². The molecule has 11 nitrogen and oxygen atoms in total. The van der Waals surface area contributed by atoms with Crippen LogP contribution in [-0.2, 0) is 42.2 Å². The quantitative estimate of drug-likeness (QED) is 0.0197. The molecule has 0 aliphatic carbocycles. The zero-order valence-electron chi connectivity index (χ0n) is 42.7. The molecule has 2 N–H and O–H groups in total. The van der Waals surface area contributed by atoms with Gasteiger partial charge in [-0.1, -0.05) is 206 Å². The third kappa shape index (κ3) is 47.0. The molecule has 0 aromatic heterocycles. The normalized spacial score (nSPS) is 13.6. The molecular weight excluding hydrogens is 856 g/mol. The number of aliphatic hydroxyl groups excluding tert-OH is 1. The van der Waals surface area contributed by atoms with Crippen LogP contribution in [0.3, 0.4) is 0 Å². The summed E-state index contributed by atoms with van der Waals surface area (Å²) in [6.07, 6.45) is 47.1. The van der Waals surface area contributed by atoms with E-state index in [1.165, 1.54) is 109 Å². The van der Waals surface area contributed by atoms with Gasteiger partial charge in [-0.25, -0.2) is 4.57 Å². The van der Waals surface area contributed by atoms with Crippen LogP contribution in [0.2, 0.25) is 0 Å². The van der Waals surface area contributed by atoms with Gasteiger partial charge in [0.1, 0.15) is 12.7 Å². The first-order valence-electron chi connectivity index (χ1n) is 27.2. The van der Waals surface area contributed by atoms with Crippen molar-refractivity contribution < 1.29 is 52.2 Å². The van der Waals surface area contributed by atoms with Crippen molar-refractivity contribution in [3.8, 4) is 0 Å². The summed E-state index contributed by atoms with van der Waals surface area (Å²) in [6.45, 7) is 4.60. The molecule has 0 bridgehead atoms. The van der Waals surface area contributed by atoms with Crippen LogP contribution in [0.5, 0.6) is 0 Å². The van der Waals surface area contributed by atoms with Crippen molar-refractivity contribution in [2.24, 2.45) is 0 Å². The maximum Gasteiger partial charge on any atom is 0.472 e. The summed E-state index contributed by atoms with van der Waals surface area (Å²) in [5.41, 5.74) is 0. The van der Waals surface area contributed by atoms with E-state index < -0.39 is 57.8 Å². The molecule has 0 saturated heterocycles. The number of ether oxygens (including phenoxy) is 3. The smallest absolute Gasteiger partial charge is 0.462 e. The summed E-state index contributed by atoms with van der Waals surface area (Å²) >= 11 is 0. The molecule has 0 spiro atoms. The molecule has 0 aromatic rings. The number of esters is 3. The van der Waals surface area contributed by atoms with Gasteiger partial charge in [-0.2, -0.15) is 0 Å². The monoisotopic (exact) mass is 957 g/mol. The Morgan fingerprint density at radius 2 is 0.712 bits per heavy atom. The highest BCUT2D eigenvalue weighted by Gasteiger charge is 2.28. The fourth-order valence-electron chi connectivity index (χ4n) is 7.63. The fraction of sp³-hybridized carbons (Fsp3) is 0.870. The average molecular weight is 957 g/mol. The number of rotatable bonds is 51. The first-order valence-corrected chi connectivity index (χ1v) is 28.7. The number of phosphoric acid groups is 1. The molecule has 0 aliphatic rings. The number of allylic oxidation sites excluding steroid dienone is 4. The summed E-state index contributed by atoms with van der Waals surface area (Å²) in [4.78, 5) is 48.3. The van der Waals surface area contributed by atoms with Crippen LogP contribution in [0.1, 0.15) is 265 Å². The fourth-order valence-corrected chi connectivity index (χ4v) is 8.41. The molecule has 0 saturated carbocycles. The molecule has 66 heavy (non-hydrogen) atoms. The lowest BCUT2D eigenvalue weighted by atomic mass is 10.0. The van der Waals surface area contributed by atoms with Gasteiger partial charge in [-0.05, 0) is 64.2 Å². The molecule has 0 aliphatic heterocycles. The minimum atomic E-state index is -4.74. The van der Waals surface area contributed by atoms with Gasteiger partial charge in [0.2, 0.25) is 0 Å². The number of aliphatic hydroxyl groups is 1. The third-order valence-electron chi connectivity index (χ3n) is 11.8. The highest BCUT2D eigenvalue weighted by atomic mass is 31.2. The lowest BCUT2D eigenvalue weighted by molar-refractivity contribution is -0.161. The predicted molar refractivity (Wildman–Crippen MR) is 270 cm³/mol. The van der Waals surface area contributed by atoms with Crippen molar-refractivity contribution in [3.05, 3.63) is 24.3 Å². The van der Waals surface area contributed by atoms with E-state index >= 15 is 0 Å². The van der Waals surface area contributed by atoms with Crippen molar-refractivity contribution in [2.75, 3.05) is 26.4 Å². The Kier molecular flexibility index (Phi) is 47.9. The van der Waals surface area contributed by atoms with Crippen molar-refractivity contribution >= 4 is 25.7 Å². The van der Waals surface area contributed by atoms with Crippen LogP contribution < -0.4 is 0 Å². The number of carbonyl (C=O) groups is 3. The number of unbranched alkanes of at least 4 members (excludes halogenated alkanes) is 30. The first-order chi connectivity index (χ1) is 32.2. The number of carbonyl (C=O) groups excluding carboxylic acids is 3. The molecule has 3 unspecified atom stereocenters. The molecule has 0 aromatic carbocycles. The van der Waals surface area contributed by atoms with Gasteiger partial charge in [0, 0.05) is 19.3 Å². The van der Waals surface area contributed by atoms with Crippen LogP contribution in [0.4, 0.5) is 0 Å². The highest BCUT2D eigenvalue weighted by molar-refractivity contribution is 7.47. The molecule has 12 heteroatoms. The Bertz CT molecular complexity index is 1210. The van der Waals surface area contributed by atoms with Gasteiger partial charge in [0.25, 0.3) is 0 Å². The van der Waals surface area contributed by atoms with Gasteiger partial charge in [0.15, 0.2) is 6.10 Å². The first kappa shape index (κ1) is 64.0. The predicted octanol–water partition coefficient (Wildman–Crippen LogP) is 15.5. The largest absolute Gasteiger partial charge is 0.472 e. The molecule has 0 radical (unpaired) electrons. The Morgan fingerprint density at radius 1 is 0.409 bits per heavy atom. The lowest BCUT2D eigenvalue weighted by Crippen LogP contribution is -2.30. The summed E-state index contributed by atoms with van der Waals surface area (Å²) in [5.74, 6) is -1.47. The molecule has 0 heterocycles. The SMILES string of the molecule is CCCC/C=C\CCCCCCCC(=O)OC(CO)COP(=O)(O)OCC(COC(=O)CCCCCCCCCCCCCCC)OC(=O)CCCCCCC/C=C\CCCCCCCC. The van der Waals surface area contributed by atoms with Crippen LogP contribution >= 0.6 is 7.82 Å². The van der Waals surface area contributed by atoms with Crippen LogP contribution in [0.25, 0.3) is 0 Å². The van der Waals surface area contributed by atoms with Crippen molar-refractivity contribution in [2.45, 2.75) is 277 Å². The minimum absolute atomic E-state index is 0.162. The summed E-state index contributed by atoms with van der Waals surface area (Å²) in [6, 6.07) is 0. The van der Waals surface area contributed by atoms with Crippen LogP contribution in [0, 0.1) is 0 Å². The topological polar surface area (TPSA) is 155 Å². The number of hydrogen-bond donors (Lipinski definition) is 2. The summed E-state index contributed by atoms with van der Waals surface area (Å²) in [7, 11) is -4.74. The van der Waals surface area contributed by atoms with Crippen molar-refractivity contribution in [3.63, 3.8) is 0 Å². The van der Waals surface area contributed by atoms with Gasteiger partial charge in [-0.15, -0.1) is 0 Å². The van der Waals surface area contributed by atoms with Crippen LogP contribution in [-0.4, -0.2) is 66.5 Å². The standard InChI is InChI=1S/C54H101O11P/c1-4-7-10-13-16-19-22-24-25-27-30-33-36-39-42-45-54(58)65-51(47-61-52(56)43-40-37-34-31-29-26-23-20-17-14-11-8-5-2)49-63-66(59,60)62-48-50(46-55)64-53(57)44-41-38-35-32-28-21-18-15-12-9-6-3/h15,18,24-25,50-51,55H,4-14,16-17,19-23,26-49H2,1-3H3,(H,59,60)/b18-15-,25-24-. The average Bonchev–Trinajstić information content (AvgIpc) is 3.30. The molecule has 3 atom stereocenters. The Balaban J connectivity index is 4.73. The molecular formula is C54H101O11P. The Morgan fingerprint density at radius 3 is 1.09 bits per heavy atom. The second-order valence-corrected chi connectivity index (χ2v) is 19.8. The minimum Gasteiger partial charge on any atom is -0.462 e. The Labute approximate surface area is 404 Å². The summed E-state index contributed by atoms with van der Waals surface area (Å²) < 4.78 is 39.4. The van der Waals surface area contributed by atoms with E-state index in [1.807, 2.05) is 0 Å². The van der Waals surface area contributed by atoms with E-state index in [9.17, 15) is 28.9 Å². The maximum absolute atomic E-state index is 12.8. The second kappa shape index (κ2) is 49.4. The number of hydrogen-bond acceptors (Lipinski definition) is 10. The van der Waals surface area contributed by atoms with E-state index in [1.54, 1.807) is 0 Å². The van der Waals surface area contributed by atoms with E-state index in [-0.39, 0.29) is 25.9 Å².